The van der Waals surface area contributed by atoms with Crippen molar-refractivity contribution in [3.05, 3.63) is 28.5 Å². The Bertz CT molecular complexity index is 318. The third-order valence-corrected chi connectivity index (χ3v) is 3.84. The van der Waals surface area contributed by atoms with Crippen LogP contribution >= 0.6 is 27.7 Å². The van der Waals surface area contributed by atoms with E-state index in [1.165, 1.54) is 23.9 Å². The highest BCUT2D eigenvalue weighted by atomic mass is 79.9. The van der Waals surface area contributed by atoms with Crippen molar-refractivity contribution in [1.82, 2.24) is 0 Å². The minimum Gasteiger partial charge on any atom is -0.355 e. The molecule has 0 spiro atoms. The highest BCUT2D eigenvalue weighted by molar-refractivity contribution is 9.10. The molecule has 2 nitrogen and oxygen atoms in total. The highest BCUT2D eigenvalue weighted by Gasteiger charge is 2.08. The lowest BCUT2D eigenvalue weighted by molar-refractivity contribution is -0.0842. The van der Waals surface area contributed by atoms with Gasteiger partial charge in [-0.1, -0.05) is 0 Å². The van der Waals surface area contributed by atoms with Gasteiger partial charge in [0.1, 0.15) is 5.82 Å². The lowest BCUT2D eigenvalue weighted by atomic mass is 10.3. The maximum absolute atomic E-state index is 12.9. The van der Waals surface area contributed by atoms with Gasteiger partial charge in [0.25, 0.3) is 0 Å². The Hall–Kier alpha value is -0.100. The van der Waals surface area contributed by atoms with Crippen LogP contribution in [0.5, 0.6) is 0 Å². The van der Waals surface area contributed by atoms with Crippen molar-refractivity contribution in [2.45, 2.75) is 11.2 Å². The molecule has 0 fully saturated rings. The first-order valence-corrected chi connectivity index (χ1v) is 6.08. The topological polar surface area (TPSA) is 18.5 Å². The number of benzene rings is 1. The smallest absolute Gasteiger partial charge is 0.166 e. The third kappa shape index (κ3) is 4.10. The summed E-state index contributed by atoms with van der Waals surface area (Å²) < 4.78 is 23.9. The summed E-state index contributed by atoms with van der Waals surface area (Å²) in [5.41, 5.74) is 0. The maximum atomic E-state index is 12.9. The summed E-state index contributed by atoms with van der Waals surface area (Å²) >= 11 is 4.84. The molecule has 0 bridgehead atoms. The van der Waals surface area contributed by atoms with Gasteiger partial charge in [-0.15, -0.1) is 11.8 Å². The van der Waals surface area contributed by atoms with Gasteiger partial charge >= 0.3 is 0 Å². The van der Waals surface area contributed by atoms with Gasteiger partial charge in [0.2, 0.25) is 0 Å². The zero-order valence-corrected chi connectivity index (χ0v) is 10.9. The summed E-state index contributed by atoms with van der Waals surface area (Å²) in [4.78, 5) is 0.842. The Morgan fingerprint density at radius 3 is 2.67 bits per heavy atom. The second kappa shape index (κ2) is 6.48. The van der Waals surface area contributed by atoms with Crippen LogP contribution in [0.4, 0.5) is 4.39 Å². The fourth-order valence-electron chi connectivity index (χ4n) is 0.978. The van der Waals surface area contributed by atoms with Crippen molar-refractivity contribution in [3.63, 3.8) is 0 Å². The lowest BCUT2D eigenvalue weighted by Crippen LogP contribution is -2.15. The van der Waals surface area contributed by atoms with E-state index in [1.807, 2.05) is 0 Å². The van der Waals surface area contributed by atoms with Crippen molar-refractivity contribution in [3.8, 4) is 0 Å². The van der Waals surface area contributed by atoms with Gasteiger partial charge < -0.3 is 9.47 Å². The largest absolute Gasteiger partial charge is 0.355 e. The van der Waals surface area contributed by atoms with Crippen LogP contribution in [0.3, 0.4) is 0 Å². The number of thioether (sulfide) groups is 1. The first kappa shape index (κ1) is 13.0. The third-order valence-electron chi connectivity index (χ3n) is 1.79. The molecule has 15 heavy (non-hydrogen) atoms. The number of hydrogen-bond acceptors (Lipinski definition) is 3. The molecule has 0 saturated heterocycles. The van der Waals surface area contributed by atoms with Crippen LogP contribution in [0.1, 0.15) is 0 Å². The molecule has 5 heteroatoms. The minimum atomic E-state index is -0.273. The van der Waals surface area contributed by atoms with E-state index in [1.54, 1.807) is 20.3 Å². The molecule has 0 aliphatic heterocycles. The summed E-state index contributed by atoms with van der Waals surface area (Å²) in [5.74, 6) is 0.377. The molecule has 84 valence electrons. The number of rotatable bonds is 5. The van der Waals surface area contributed by atoms with Gasteiger partial charge in [0.05, 0.1) is 0 Å². The van der Waals surface area contributed by atoms with E-state index >= 15 is 0 Å². The van der Waals surface area contributed by atoms with E-state index in [9.17, 15) is 4.39 Å². The Kier molecular flexibility index (Phi) is 5.60. The molecule has 0 radical (unpaired) electrons. The molecule has 0 aliphatic rings. The molecule has 0 heterocycles. The monoisotopic (exact) mass is 294 g/mol. The summed E-state index contributed by atoms with van der Waals surface area (Å²) in [5, 5.41) is 0. The van der Waals surface area contributed by atoms with Gasteiger partial charge in [-0.05, 0) is 34.1 Å². The predicted octanol–water partition coefficient (Wildman–Crippen LogP) is 3.30. The Morgan fingerprint density at radius 1 is 1.40 bits per heavy atom. The summed E-state index contributed by atoms with van der Waals surface area (Å²) in [6.45, 7) is 0. The van der Waals surface area contributed by atoms with E-state index in [0.29, 0.717) is 5.75 Å². The van der Waals surface area contributed by atoms with E-state index in [4.69, 9.17) is 9.47 Å². The van der Waals surface area contributed by atoms with Crippen LogP contribution in [0, 0.1) is 5.82 Å². The molecule has 0 unspecified atom stereocenters. The average molecular weight is 295 g/mol. The molecule has 0 aliphatic carbocycles. The predicted molar refractivity (Wildman–Crippen MR) is 62.6 cm³/mol. The maximum Gasteiger partial charge on any atom is 0.166 e. The Labute approximate surface area is 101 Å². The summed E-state index contributed by atoms with van der Waals surface area (Å²) in [6.07, 6.45) is -0.273. The van der Waals surface area contributed by atoms with Crippen LogP contribution < -0.4 is 0 Å². The van der Waals surface area contributed by atoms with E-state index in [0.717, 1.165) is 9.37 Å². The second-order valence-electron chi connectivity index (χ2n) is 2.79. The molecule has 0 atom stereocenters. The molecule has 1 aromatic carbocycles. The molecule has 1 aromatic rings. The fraction of sp³-hybridized carbons (Fsp3) is 0.400. The number of methoxy groups -OCH3 is 2. The zero-order chi connectivity index (χ0) is 11.3. The number of halogens is 2. The average Bonchev–Trinajstić information content (AvgIpc) is 2.24. The standard InChI is InChI=1S/C10H12BrFO2S/c1-13-10(14-2)6-15-9-5-7(12)3-4-8(9)11/h3-5,10H,6H2,1-2H3. The molecule has 0 N–H and O–H groups in total. The van der Waals surface area contributed by atoms with Gasteiger partial charge in [-0.3, -0.25) is 0 Å². The van der Waals surface area contributed by atoms with Gasteiger partial charge in [0, 0.05) is 29.3 Å². The van der Waals surface area contributed by atoms with Gasteiger partial charge in [-0.2, -0.15) is 0 Å². The summed E-state index contributed by atoms with van der Waals surface area (Å²) in [6, 6.07) is 4.58. The van der Waals surface area contributed by atoms with Gasteiger partial charge in [-0.25, -0.2) is 4.39 Å². The van der Waals surface area contributed by atoms with Gasteiger partial charge in [0.15, 0.2) is 6.29 Å². The van der Waals surface area contributed by atoms with Crippen molar-refractivity contribution in [1.29, 1.82) is 0 Å². The van der Waals surface area contributed by atoms with Crippen LogP contribution in [0.15, 0.2) is 27.6 Å². The first-order valence-electron chi connectivity index (χ1n) is 4.30. The van der Waals surface area contributed by atoms with Crippen molar-refractivity contribution < 1.29 is 13.9 Å². The molecule has 1 rings (SSSR count). The molecular weight excluding hydrogens is 283 g/mol. The van der Waals surface area contributed by atoms with E-state index < -0.39 is 0 Å². The van der Waals surface area contributed by atoms with Crippen molar-refractivity contribution >= 4 is 27.7 Å². The zero-order valence-electron chi connectivity index (χ0n) is 8.50. The second-order valence-corrected chi connectivity index (χ2v) is 4.70. The van der Waals surface area contributed by atoms with E-state index in [-0.39, 0.29) is 12.1 Å². The fourth-order valence-corrected chi connectivity index (χ4v) is 2.56. The van der Waals surface area contributed by atoms with Crippen LogP contribution in [0.25, 0.3) is 0 Å². The number of ether oxygens (including phenoxy) is 2. The Balaban J connectivity index is 2.60. The summed E-state index contributed by atoms with van der Waals surface area (Å²) in [7, 11) is 3.16. The van der Waals surface area contributed by atoms with Crippen LogP contribution in [-0.2, 0) is 9.47 Å². The molecule has 0 aromatic heterocycles. The van der Waals surface area contributed by atoms with Crippen LogP contribution in [0.2, 0.25) is 0 Å². The van der Waals surface area contributed by atoms with Crippen molar-refractivity contribution in [2.24, 2.45) is 0 Å². The normalized spacial score (nSPS) is 11.0. The SMILES string of the molecule is COC(CSc1cc(F)ccc1Br)OC. The van der Waals surface area contributed by atoms with Crippen molar-refractivity contribution in [2.75, 3.05) is 20.0 Å². The minimum absolute atomic E-state index is 0.243. The van der Waals surface area contributed by atoms with E-state index in [2.05, 4.69) is 15.9 Å². The number of hydrogen-bond donors (Lipinski definition) is 0. The first-order chi connectivity index (χ1) is 7.17. The quantitative estimate of drug-likeness (QED) is 0.613. The lowest BCUT2D eigenvalue weighted by Gasteiger charge is -2.13. The molecule has 0 saturated carbocycles. The van der Waals surface area contributed by atoms with Crippen LogP contribution in [-0.4, -0.2) is 26.3 Å². The highest BCUT2D eigenvalue weighted by Crippen LogP contribution is 2.28. The molecular formula is C10H12BrFO2S. The Morgan fingerprint density at radius 2 is 2.07 bits per heavy atom. The molecule has 0 amide bonds.